The molecule has 2 aromatic heterocycles. The van der Waals surface area contributed by atoms with Crippen LogP contribution in [0.1, 0.15) is 0 Å². The van der Waals surface area contributed by atoms with Crippen molar-refractivity contribution in [3.05, 3.63) is 41.9 Å². The molecule has 0 aromatic carbocycles. The van der Waals surface area contributed by atoms with Gasteiger partial charge < -0.3 is 0 Å². The number of rotatable bonds is 1. The highest BCUT2D eigenvalue weighted by molar-refractivity contribution is 6.29. The first-order valence-electron chi connectivity index (χ1n) is 3.75. The zero-order valence-electron chi connectivity index (χ0n) is 6.68. The van der Waals surface area contributed by atoms with Crippen LogP contribution in [0.5, 0.6) is 0 Å². The third-order valence-corrected chi connectivity index (χ3v) is 1.71. The molecule has 0 N–H and O–H groups in total. The fourth-order valence-electron chi connectivity index (χ4n) is 0.980. The summed E-state index contributed by atoms with van der Waals surface area (Å²) in [6.07, 6.45) is 4.83. The molecule has 2 aromatic rings. The van der Waals surface area contributed by atoms with Crippen LogP contribution in [0, 0.1) is 0 Å². The Hall–Kier alpha value is -1.48. The van der Waals surface area contributed by atoms with Gasteiger partial charge in [0.2, 0.25) is 0 Å². The molecule has 0 atom stereocenters. The van der Waals surface area contributed by atoms with E-state index in [1.54, 1.807) is 12.4 Å². The molecule has 13 heavy (non-hydrogen) atoms. The second kappa shape index (κ2) is 3.49. The molecular formula is C9H6ClN3. The lowest BCUT2D eigenvalue weighted by atomic mass is 10.3. The fraction of sp³-hybridized carbons (Fsp3) is 0. The van der Waals surface area contributed by atoms with E-state index in [0.29, 0.717) is 10.8 Å². The lowest BCUT2D eigenvalue weighted by Gasteiger charge is -1.97. The summed E-state index contributed by atoms with van der Waals surface area (Å²) in [4.78, 5) is 12.1. The molecular weight excluding hydrogens is 186 g/mol. The number of pyridine rings is 1. The zero-order chi connectivity index (χ0) is 9.10. The third kappa shape index (κ3) is 1.81. The number of hydrogen-bond acceptors (Lipinski definition) is 3. The summed E-state index contributed by atoms with van der Waals surface area (Å²) in [5.74, 6) is 0. The van der Waals surface area contributed by atoms with Crippen LogP contribution < -0.4 is 0 Å². The van der Waals surface area contributed by atoms with Gasteiger partial charge in [0.1, 0.15) is 10.8 Å². The second-order valence-electron chi connectivity index (χ2n) is 2.44. The summed E-state index contributed by atoms with van der Waals surface area (Å²) in [5.41, 5.74) is 1.46. The Balaban J connectivity index is 2.48. The number of nitrogens with zero attached hydrogens (tertiary/aromatic N) is 3. The second-order valence-corrected chi connectivity index (χ2v) is 2.83. The van der Waals surface area contributed by atoms with Gasteiger partial charge in [-0.15, -0.1) is 0 Å². The first-order valence-corrected chi connectivity index (χ1v) is 4.13. The Kier molecular flexibility index (Phi) is 2.19. The van der Waals surface area contributed by atoms with E-state index in [4.69, 9.17) is 11.6 Å². The average Bonchev–Trinajstić information content (AvgIpc) is 2.19. The van der Waals surface area contributed by atoms with Crippen molar-refractivity contribution >= 4 is 11.6 Å². The molecule has 0 aliphatic rings. The predicted molar refractivity (Wildman–Crippen MR) is 50.3 cm³/mol. The molecule has 3 nitrogen and oxygen atoms in total. The van der Waals surface area contributed by atoms with Gasteiger partial charge in [-0.05, 0) is 12.1 Å². The summed E-state index contributed by atoms with van der Waals surface area (Å²) in [6.45, 7) is 0. The lowest BCUT2D eigenvalue weighted by molar-refractivity contribution is 1.18. The van der Waals surface area contributed by atoms with Crippen LogP contribution in [0.25, 0.3) is 11.4 Å². The smallest absolute Gasteiger partial charge is 0.148 e. The van der Waals surface area contributed by atoms with Gasteiger partial charge in [0, 0.05) is 6.20 Å². The van der Waals surface area contributed by atoms with Crippen LogP contribution in [0.2, 0.25) is 5.15 Å². The van der Waals surface area contributed by atoms with Crippen molar-refractivity contribution in [2.75, 3.05) is 0 Å². The van der Waals surface area contributed by atoms with Crippen molar-refractivity contribution in [3.8, 4) is 11.4 Å². The highest BCUT2D eigenvalue weighted by Crippen LogP contribution is 2.13. The third-order valence-electron chi connectivity index (χ3n) is 1.53. The molecule has 2 rings (SSSR count). The molecule has 0 aliphatic carbocycles. The van der Waals surface area contributed by atoms with Gasteiger partial charge >= 0.3 is 0 Å². The molecule has 0 amide bonds. The van der Waals surface area contributed by atoms with Gasteiger partial charge in [-0.3, -0.25) is 9.97 Å². The van der Waals surface area contributed by atoms with E-state index in [1.165, 1.54) is 6.20 Å². The number of hydrogen-bond donors (Lipinski definition) is 0. The number of aromatic nitrogens is 3. The maximum absolute atomic E-state index is 5.69. The number of halogens is 1. The quantitative estimate of drug-likeness (QED) is 0.694. The van der Waals surface area contributed by atoms with E-state index in [-0.39, 0.29) is 0 Å². The lowest BCUT2D eigenvalue weighted by Crippen LogP contribution is -1.87. The van der Waals surface area contributed by atoms with E-state index in [2.05, 4.69) is 15.0 Å². The summed E-state index contributed by atoms with van der Waals surface area (Å²) in [5, 5.41) is 0.378. The van der Waals surface area contributed by atoms with E-state index in [9.17, 15) is 0 Å². The first-order chi connectivity index (χ1) is 6.36. The molecule has 0 radical (unpaired) electrons. The predicted octanol–water partition coefficient (Wildman–Crippen LogP) is 2.19. The fourth-order valence-corrected chi connectivity index (χ4v) is 1.13. The van der Waals surface area contributed by atoms with Crippen molar-refractivity contribution in [2.24, 2.45) is 0 Å². The maximum Gasteiger partial charge on any atom is 0.148 e. The van der Waals surface area contributed by atoms with Gasteiger partial charge in [-0.2, -0.15) is 0 Å². The van der Waals surface area contributed by atoms with Crippen molar-refractivity contribution in [2.45, 2.75) is 0 Å². The Bertz CT molecular complexity index is 403. The topological polar surface area (TPSA) is 38.7 Å². The molecule has 0 spiro atoms. The van der Waals surface area contributed by atoms with Crippen LogP contribution in [-0.2, 0) is 0 Å². The maximum atomic E-state index is 5.69. The van der Waals surface area contributed by atoms with Crippen LogP contribution in [0.3, 0.4) is 0 Å². The molecule has 0 saturated carbocycles. The Labute approximate surface area is 80.5 Å². The highest BCUT2D eigenvalue weighted by Gasteiger charge is 1.99. The van der Waals surface area contributed by atoms with Crippen molar-refractivity contribution in [1.82, 2.24) is 15.0 Å². The molecule has 64 valence electrons. The Morgan fingerprint density at radius 3 is 2.69 bits per heavy atom. The molecule has 0 bridgehead atoms. The van der Waals surface area contributed by atoms with Crippen LogP contribution in [0.4, 0.5) is 0 Å². The Morgan fingerprint density at radius 2 is 2.00 bits per heavy atom. The molecule has 0 aliphatic heterocycles. The molecule has 0 fully saturated rings. The van der Waals surface area contributed by atoms with Crippen molar-refractivity contribution < 1.29 is 0 Å². The largest absolute Gasteiger partial charge is 0.259 e. The van der Waals surface area contributed by atoms with Crippen LogP contribution in [0.15, 0.2) is 36.8 Å². The van der Waals surface area contributed by atoms with Crippen LogP contribution in [-0.4, -0.2) is 15.0 Å². The first kappa shape index (κ1) is 8.13. The van der Waals surface area contributed by atoms with E-state index in [1.807, 2.05) is 18.2 Å². The van der Waals surface area contributed by atoms with Gasteiger partial charge in [-0.25, -0.2) is 4.98 Å². The summed E-state index contributed by atoms with van der Waals surface area (Å²) in [7, 11) is 0. The minimum Gasteiger partial charge on any atom is -0.259 e. The van der Waals surface area contributed by atoms with Gasteiger partial charge in [0.25, 0.3) is 0 Å². The molecule has 2 heterocycles. The molecule has 0 saturated heterocycles. The summed E-state index contributed by atoms with van der Waals surface area (Å²) in [6, 6.07) is 5.60. The summed E-state index contributed by atoms with van der Waals surface area (Å²) < 4.78 is 0. The van der Waals surface area contributed by atoms with Gasteiger partial charge in [0.05, 0.1) is 18.1 Å². The monoisotopic (exact) mass is 191 g/mol. The SMILES string of the molecule is Clc1cncc(-c2ccccn2)n1. The molecule has 4 heteroatoms. The van der Waals surface area contributed by atoms with Crippen molar-refractivity contribution in [1.29, 1.82) is 0 Å². The van der Waals surface area contributed by atoms with Crippen molar-refractivity contribution in [3.63, 3.8) is 0 Å². The van der Waals surface area contributed by atoms with Gasteiger partial charge in [0.15, 0.2) is 0 Å². The zero-order valence-corrected chi connectivity index (χ0v) is 7.44. The van der Waals surface area contributed by atoms with E-state index in [0.717, 1.165) is 5.69 Å². The molecule has 0 unspecified atom stereocenters. The summed E-state index contributed by atoms with van der Waals surface area (Å²) >= 11 is 5.69. The van der Waals surface area contributed by atoms with E-state index < -0.39 is 0 Å². The Morgan fingerprint density at radius 1 is 1.08 bits per heavy atom. The highest BCUT2D eigenvalue weighted by atomic mass is 35.5. The van der Waals surface area contributed by atoms with Crippen LogP contribution >= 0.6 is 11.6 Å². The van der Waals surface area contributed by atoms with E-state index >= 15 is 0 Å². The average molecular weight is 192 g/mol. The normalized spacial score (nSPS) is 9.92. The van der Waals surface area contributed by atoms with Gasteiger partial charge in [-0.1, -0.05) is 17.7 Å². The minimum absolute atomic E-state index is 0.378. The minimum atomic E-state index is 0.378. The standard InChI is InChI=1S/C9H6ClN3/c10-9-6-11-5-8(13-9)7-3-1-2-4-12-7/h1-6H.